The zero-order chi connectivity index (χ0) is 21.2. The number of nitrogens with one attached hydrogen (secondary N) is 1. The fraction of sp³-hybridized carbons (Fsp3) is 0.273. The maximum atomic E-state index is 12.6. The first-order chi connectivity index (χ1) is 14.0. The molecule has 0 heterocycles. The molecule has 2 rings (SSSR count). The van der Waals surface area contributed by atoms with Gasteiger partial charge in [-0.2, -0.15) is 5.26 Å². The predicted molar refractivity (Wildman–Crippen MR) is 114 cm³/mol. The molecule has 0 aromatic heterocycles. The number of nitriles is 1. The average molecular weight is 415 g/mol. The van der Waals surface area contributed by atoms with Gasteiger partial charge in [0, 0.05) is 0 Å². The number of halogens is 1. The van der Waals surface area contributed by atoms with E-state index in [1.165, 1.54) is 13.2 Å². The van der Waals surface area contributed by atoms with Crippen LogP contribution in [-0.2, 0) is 4.79 Å². The number of hydrogen-bond donors (Lipinski definition) is 1. The highest BCUT2D eigenvalue weighted by Crippen LogP contribution is 2.37. The third-order valence-corrected chi connectivity index (χ3v) is 4.09. The van der Waals surface area contributed by atoms with Crippen LogP contribution in [0.5, 0.6) is 17.2 Å². The quantitative estimate of drug-likeness (QED) is 0.457. The van der Waals surface area contributed by atoms with Crippen molar-refractivity contribution in [1.29, 1.82) is 5.26 Å². The molecule has 0 atom stereocenters. The summed E-state index contributed by atoms with van der Waals surface area (Å²) >= 11 is 6.35. The smallest absolute Gasteiger partial charge is 0.266 e. The lowest BCUT2D eigenvalue weighted by Gasteiger charge is -2.14. The van der Waals surface area contributed by atoms with Crippen LogP contribution in [0.2, 0.25) is 5.02 Å². The van der Waals surface area contributed by atoms with E-state index >= 15 is 0 Å². The molecule has 0 unspecified atom stereocenters. The van der Waals surface area contributed by atoms with E-state index in [2.05, 4.69) is 5.32 Å². The zero-order valence-electron chi connectivity index (χ0n) is 16.6. The molecule has 29 heavy (non-hydrogen) atoms. The first-order valence-electron chi connectivity index (χ1n) is 9.19. The van der Waals surface area contributed by atoms with E-state index in [1.54, 1.807) is 36.4 Å². The Labute approximate surface area is 175 Å². The lowest BCUT2D eigenvalue weighted by Crippen LogP contribution is -2.14. The topological polar surface area (TPSA) is 80.6 Å². The molecule has 0 aliphatic heterocycles. The van der Waals surface area contributed by atoms with Gasteiger partial charge in [0.25, 0.3) is 5.91 Å². The molecule has 152 valence electrons. The van der Waals surface area contributed by atoms with Crippen LogP contribution in [0, 0.1) is 11.3 Å². The number of anilines is 1. The summed E-state index contributed by atoms with van der Waals surface area (Å²) < 4.78 is 16.5. The lowest BCUT2D eigenvalue weighted by molar-refractivity contribution is -0.112. The molecular formula is C22H23ClN2O4. The summed E-state index contributed by atoms with van der Waals surface area (Å²) in [5.74, 6) is 0.848. The normalized spacial score (nSPS) is 10.8. The van der Waals surface area contributed by atoms with Gasteiger partial charge < -0.3 is 19.5 Å². The molecule has 0 bridgehead atoms. The van der Waals surface area contributed by atoms with Crippen LogP contribution in [-0.4, -0.2) is 26.2 Å². The fourth-order valence-corrected chi connectivity index (χ4v) is 2.80. The van der Waals surface area contributed by atoms with Gasteiger partial charge in [0.15, 0.2) is 11.5 Å². The van der Waals surface area contributed by atoms with Crippen molar-refractivity contribution >= 4 is 29.3 Å². The van der Waals surface area contributed by atoms with Crippen molar-refractivity contribution in [3.8, 4) is 23.3 Å². The Kier molecular flexibility index (Phi) is 8.38. The molecule has 0 aliphatic carbocycles. The Balaban J connectivity index is 2.34. The van der Waals surface area contributed by atoms with Gasteiger partial charge in [-0.15, -0.1) is 0 Å². The van der Waals surface area contributed by atoms with Crippen LogP contribution in [0.4, 0.5) is 5.69 Å². The second-order valence-electron chi connectivity index (χ2n) is 5.94. The van der Waals surface area contributed by atoms with Crippen molar-refractivity contribution in [3.63, 3.8) is 0 Å². The van der Waals surface area contributed by atoms with Crippen LogP contribution in [0.1, 0.15) is 25.8 Å². The first-order valence-corrected chi connectivity index (χ1v) is 9.57. The third kappa shape index (κ3) is 5.90. The SMILES string of the molecule is CCCOc1c(Cl)cc(/C=C(\C#N)C(=O)Nc2ccccc2OC)cc1OCC. The van der Waals surface area contributed by atoms with E-state index in [0.717, 1.165) is 6.42 Å². The number of nitrogens with zero attached hydrogens (tertiary/aromatic N) is 1. The van der Waals surface area contributed by atoms with Gasteiger partial charge in [0.05, 0.1) is 31.0 Å². The summed E-state index contributed by atoms with van der Waals surface area (Å²) in [5, 5.41) is 12.5. The van der Waals surface area contributed by atoms with Gasteiger partial charge in [-0.05, 0) is 49.2 Å². The van der Waals surface area contributed by atoms with Crippen molar-refractivity contribution < 1.29 is 19.0 Å². The summed E-state index contributed by atoms with van der Waals surface area (Å²) in [4.78, 5) is 12.6. The Morgan fingerprint density at radius 1 is 1.21 bits per heavy atom. The van der Waals surface area contributed by atoms with Crippen LogP contribution in [0.3, 0.4) is 0 Å². The molecule has 2 aromatic rings. The number of para-hydroxylation sites is 2. The maximum Gasteiger partial charge on any atom is 0.266 e. The summed E-state index contributed by atoms with van der Waals surface area (Å²) in [6, 6.07) is 12.2. The predicted octanol–water partition coefficient (Wildman–Crippen LogP) is 5.08. The van der Waals surface area contributed by atoms with Crippen molar-refractivity contribution in [2.75, 3.05) is 25.6 Å². The number of ether oxygens (including phenoxy) is 3. The summed E-state index contributed by atoms with van der Waals surface area (Å²) in [6.45, 7) is 4.76. The molecule has 0 saturated carbocycles. The minimum absolute atomic E-state index is 0.0864. The summed E-state index contributed by atoms with van der Waals surface area (Å²) in [7, 11) is 1.51. The fourth-order valence-electron chi connectivity index (χ4n) is 2.53. The Morgan fingerprint density at radius 2 is 1.97 bits per heavy atom. The monoisotopic (exact) mass is 414 g/mol. The minimum atomic E-state index is -0.558. The van der Waals surface area contributed by atoms with E-state index in [1.807, 2.05) is 19.9 Å². The number of benzene rings is 2. The molecular weight excluding hydrogens is 392 g/mol. The van der Waals surface area contributed by atoms with E-state index in [9.17, 15) is 10.1 Å². The first kappa shape index (κ1) is 22.1. The van der Waals surface area contributed by atoms with E-state index in [-0.39, 0.29) is 5.57 Å². The molecule has 1 amide bonds. The van der Waals surface area contributed by atoms with Crippen LogP contribution in [0.25, 0.3) is 6.08 Å². The highest BCUT2D eigenvalue weighted by molar-refractivity contribution is 6.32. The van der Waals surface area contributed by atoms with Crippen molar-refractivity contribution in [2.24, 2.45) is 0 Å². The molecule has 0 fully saturated rings. The van der Waals surface area contributed by atoms with Gasteiger partial charge in [-0.1, -0.05) is 30.7 Å². The molecule has 0 saturated heterocycles. The summed E-state index contributed by atoms with van der Waals surface area (Å²) in [6.07, 6.45) is 2.27. The van der Waals surface area contributed by atoms with Crippen molar-refractivity contribution in [1.82, 2.24) is 0 Å². The van der Waals surface area contributed by atoms with E-state index < -0.39 is 5.91 Å². The van der Waals surface area contributed by atoms with Gasteiger partial charge in [-0.3, -0.25) is 4.79 Å². The van der Waals surface area contributed by atoms with Gasteiger partial charge in [0.1, 0.15) is 17.4 Å². The van der Waals surface area contributed by atoms with Crippen LogP contribution >= 0.6 is 11.6 Å². The standard InChI is InChI=1S/C22H23ClN2O4/c1-4-10-29-21-17(23)12-15(13-20(21)28-5-2)11-16(14-24)22(26)25-18-8-6-7-9-19(18)27-3/h6-9,11-13H,4-5,10H2,1-3H3,(H,25,26)/b16-11+. The van der Waals surface area contributed by atoms with Gasteiger partial charge in [-0.25, -0.2) is 0 Å². The highest BCUT2D eigenvalue weighted by atomic mass is 35.5. The van der Waals surface area contributed by atoms with Crippen molar-refractivity contribution in [2.45, 2.75) is 20.3 Å². The van der Waals surface area contributed by atoms with Crippen molar-refractivity contribution in [3.05, 3.63) is 52.6 Å². The van der Waals surface area contributed by atoms with E-state index in [4.69, 9.17) is 25.8 Å². The number of amides is 1. The number of methoxy groups -OCH3 is 1. The Morgan fingerprint density at radius 3 is 2.62 bits per heavy atom. The second kappa shape index (κ2) is 11.0. The molecule has 6 nitrogen and oxygen atoms in total. The van der Waals surface area contributed by atoms with Crippen LogP contribution < -0.4 is 19.5 Å². The van der Waals surface area contributed by atoms with Gasteiger partial charge >= 0.3 is 0 Å². The van der Waals surface area contributed by atoms with Crippen LogP contribution in [0.15, 0.2) is 42.0 Å². The lowest BCUT2D eigenvalue weighted by atomic mass is 10.1. The maximum absolute atomic E-state index is 12.6. The zero-order valence-corrected chi connectivity index (χ0v) is 17.4. The number of rotatable bonds is 9. The molecule has 0 radical (unpaired) electrons. The highest BCUT2D eigenvalue weighted by Gasteiger charge is 2.15. The molecule has 0 aliphatic rings. The Bertz CT molecular complexity index is 935. The average Bonchev–Trinajstić information content (AvgIpc) is 2.72. The summed E-state index contributed by atoms with van der Waals surface area (Å²) in [5.41, 5.74) is 0.933. The van der Waals surface area contributed by atoms with E-state index in [0.29, 0.717) is 46.7 Å². The largest absolute Gasteiger partial charge is 0.495 e. The number of carbonyl (C=O) groups excluding carboxylic acids is 1. The molecule has 1 N–H and O–H groups in total. The molecule has 7 heteroatoms. The second-order valence-corrected chi connectivity index (χ2v) is 6.34. The van der Waals surface area contributed by atoms with Gasteiger partial charge in [0.2, 0.25) is 0 Å². The number of hydrogen-bond acceptors (Lipinski definition) is 5. The molecule has 2 aromatic carbocycles. The number of carbonyl (C=O) groups is 1. The Hall–Kier alpha value is -3.17. The molecule has 0 spiro atoms. The minimum Gasteiger partial charge on any atom is -0.495 e. The third-order valence-electron chi connectivity index (χ3n) is 3.81.